The molecule has 0 saturated heterocycles. The topological polar surface area (TPSA) is 96.0 Å². The lowest BCUT2D eigenvalue weighted by Crippen LogP contribution is -2.52. The Morgan fingerprint density at radius 2 is 1.57 bits per heavy atom. The number of nitrogens with one attached hydrogen (secondary N) is 1. The Balaban J connectivity index is 2.08. The van der Waals surface area contributed by atoms with Gasteiger partial charge in [0.25, 0.3) is 10.0 Å². The zero-order valence-corrected chi connectivity index (χ0v) is 25.8. The maximum absolute atomic E-state index is 14.0. The quantitative estimate of drug-likeness (QED) is 0.294. The molecule has 0 aliphatic carbocycles. The second-order valence-corrected chi connectivity index (χ2v) is 12.5. The molecule has 3 aromatic rings. The van der Waals surface area contributed by atoms with Crippen LogP contribution in [-0.2, 0) is 26.2 Å². The lowest BCUT2D eigenvalue weighted by molar-refractivity contribution is -0.139. The fraction of sp³-hybridized carbons (Fsp3) is 0.333. The average Bonchev–Trinajstić information content (AvgIpc) is 2.91. The van der Waals surface area contributed by atoms with Crippen molar-refractivity contribution in [3.8, 4) is 5.75 Å². The summed E-state index contributed by atoms with van der Waals surface area (Å²) in [5, 5.41) is 2.85. The molecule has 0 fully saturated rings. The number of sulfonamides is 1. The van der Waals surface area contributed by atoms with Gasteiger partial charge in [-0.05, 0) is 76.6 Å². The van der Waals surface area contributed by atoms with Crippen LogP contribution >= 0.6 is 15.9 Å². The van der Waals surface area contributed by atoms with Crippen molar-refractivity contribution in [2.24, 2.45) is 0 Å². The predicted octanol–water partition coefficient (Wildman–Crippen LogP) is 5.29. The molecule has 40 heavy (non-hydrogen) atoms. The third kappa shape index (κ3) is 7.85. The highest BCUT2D eigenvalue weighted by molar-refractivity contribution is 9.10. The van der Waals surface area contributed by atoms with Crippen molar-refractivity contribution < 1.29 is 22.7 Å². The Labute approximate surface area is 245 Å². The van der Waals surface area contributed by atoms with Gasteiger partial charge in [-0.15, -0.1) is 0 Å². The summed E-state index contributed by atoms with van der Waals surface area (Å²) in [5.74, 6) is -0.530. The summed E-state index contributed by atoms with van der Waals surface area (Å²) >= 11 is 3.42. The number of para-hydroxylation sites is 2. The second kappa shape index (κ2) is 13.8. The number of hydrogen-bond donors (Lipinski definition) is 1. The summed E-state index contributed by atoms with van der Waals surface area (Å²) in [5.41, 5.74) is 1.94. The highest BCUT2D eigenvalue weighted by Crippen LogP contribution is 2.33. The fourth-order valence-corrected chi connectivity index (χ4v) is 5.75. The van der Waals surface area contributed by atoms with Gasteiger partial charge in [0.1, 0.15) is 18.3 Å². The van der Waals surface area contributed by atoms with Crippen LogP contribution in [0.2, 0.25) is 0 Å². The summed E-state index contributed by atoms with van der Waals surface area (Å²) < 4.78 is 35.7. The number of hydrogen-bond acceptors (Lipinski definition) is 5. The number of ether oxygens (including phenoxy) is 1. The predicted molar refractivity (Wildman–Crippen MR) is 161 cm³/mol. The van der Waals surface area contributed by atoms with E-state index in [9.17, 15) is 18.0 Å². The first kappa shape index (κ1) is 31.2. The summed E-state index contributed by atoms with van der Waals surface area (Å²) in [7, 11) is -4.18. The van der Waals surface area contributed by atoms with E-state index in [1.54, 1.807) is 50.2 Å². The van der Waals surface area contributed by atoms with Gasteiger partial charge >= 0.3 is 0 Å². The molecule has 0 aliphatic heterocycles. The number of nitrogens with zero attached hydrogens (tertiary/aromatic N) is 2. The molecule has 0 bridgehead atoms. The number of carbonyl (C=O) groups excluding carboxylic acids is 2. The van der Waals surface area contributed by atoms with Gasteiger partial charge in [-0.3, -0.25) is 13.9 Å². The van der Waals surface area contributed by atoms with E-state index in [1.165, 1.54) is 17.0 Å². The minimum absolute atomic E-state index is 0.0438. The van der Waals surface area contributed by atoms with E-state index in [-0.39, 0.29) is 29.1 Å². The SMILES string of the molecule is CCOc1ccccc1N(CC(=O)N(Cc1ccc(Br)cc1)C(C)C(=O)NC(C)C)S(=O)(=O)c1ccc(C)cc1. The summed E-state index contributed by atoms with van der Waals surface area (Å²) in [4.78, 5) is 28.5. The number of carbonyl (C=O) groups is 2. The molecular weight excluding hydrogens is 594 g/mol. The van der Waals surface area contributed by atoms with E-state index in [4.69, 9.17) is 4.74 Å². The van der Waals surface area contributed by atoms with Crippen LogP contribution in [-0.4, -0.2) is 50.4 Å². The largest absolute Gasteiger partial charge is 0.492 e. The van der Waals surface area contributed by atoms with Crippen molar-refractivity contribution in [3.63, 3.8) is 0 Å². The average molecular weight is 631 g/mol. The van der Waals surface area contributed by atoms with Crippen LogP contribution in [0.5, 0.6) is 5.75 Å². The zero-order valence-electron chi connectivity index (χ0n) is 23.4. The van der Waals surface area contributed by atoms with Crippen molar-refractivity contribution >= 4 is 43.5 Å². The molecule has 0 heterocycles. The number of anilines is 1. The van der Waals surface area contributed by atoms with Crippen molar-refractivity contribution in [2.45, 2.75) is 58.1 Å². The Kier molecular flexibility index (Phi) is 10.8. The standard InChI is InChI=1S/C30H36BrN3O5S/c1-6-39-28-10-8-7-9-27(28)34(40(37,38)26-17-11-22(4)12-18-26)20-29(35)33(23(5)30(36)32-21(2)3)19-24-13-15-25(31)16-14-24/h7-18,21,23H,6,19-20H2,1-5H3,(H,32,36). The molecule has 1 atom stereocenters. The Morgan fingerprint density at radius 3 is 2.17 bits per heavy atom. The first-order valence-corrected chi connectivity index (χ1v) is 15.3. The molecule has 10 heteroatoms. The molecule has 3 aromatic carbocycles. The maximum Gasteiger partial charge on any atom is 0.264 e. The van der Waals surface area contributed by atoms with Gasteiger partial charge in [0.15, 0.2) is 0 Å². The monoisotopic (exact) mass is 629 g/mol. The Morgan fingerprint density at radius 1 is 0.950 bits per heavy atom. The van der Waals surface area contributed by atoms with Gasteiger partial charge in [-0.2, -0.15) is 0 Å². The molecular formula is C30H36BrN3O5S. The lowest BCUT2D eigenvalue weighted by Gasteiger charge is -2.32. The molecule has 0 aliphatic rings. The van der Waals surface area contributed by atoms with Crippen LogP contribution in [0.3, 0.4) is 0 Å². The molecule has 0 saturated carbocycles. The van der Waals surface area contributed by atoms with Gasteiger partial charge in [0.05, 0.1) is 17.2 Å². The molecule has 214 valence electrons. The molecule has 0 spiro atoms. The molecule has 1 unspecified atom stereocenters. The number of halogens is 1. The van der Waals surface area contributed by atoms with Gasteiger partial charge in [0, 0.05) is 17.1 Å². The Hall–Kier alpha value is -3.37. The summed E-state index contributed by atoms with van der Waals surface area (Å²) in [6, 6.07) is 19.6. The van der Waals surface area contributed by atoms with E-state index in [0.717, 1.165) is 19.9 Å². The maximum atomic E-state index is 14.0. The van der Waals surface area contributed by atoms with Gasteiger partial charge < -0.3 is 15.0 Å². The smallest absolute Gasteiger partial charge is 0.264 e. The van der Waals surface area contributed by atoms with Crippen LogP contribution < -0.4 is 14.4 Å². The molecule has 8 nitrogen and oxygen atoms in total. The lowest BCUT2D eigenvalue weighted by atomic mass is 10.1. The zero-order chi connectivity index (χ0) is 29.4. The van der Waals surface area contributed by atoms with E-state index >= 15 is 0 Å². The van der Waals surface area contributed by atoms with Gasteiger partial charge in [-0.25, -0.2) is 8.42 Å². The molecule has 0 aromatic heterocycles. The molecule has 0 radical (unpaired) electrons. The van der Waals surface area contributed by atoms with E-state index < -0.39 is 28.5 Å². The second-order valence-electron chi connectivity index (χ2n) is 9.71. The van der Waals surface area contributed by atoms with Crippen LogP contribution in [0.15, 0.2) is 82.2 Å². The van der Waals surface area contributed by atoms with Crippen molar-refractivity contribution in [3.05, 3.63) is 88.4 Å². The summed E-state index contributed by atoms with van der Waals surface area (Å²) in [6.45, 7) is 8.88. The normalized spacial score (nSPS) is 12.1. The molecule has 3 rings (SSSR count). The van der Waals surface area contributed by atoms with Gasteiger partial charge in [0.2, 0.25) is 11.8 Å². The number of benzene rings is 3. The van der Waals surface area contributed by atoms with Crippen LogP contribution in [0.25, 0.3) is 0 Å². The highest BCUT2D eigenvalue weighted by atomic mass is 79.9. The minimum Gasteiger partial charge on any atom is -0.492 e. The Bertz CT molecular complexity index is 1410. The molecule has 2 amide bonds. The van der Waals surface area contributed by atoms with Crippen molar-refractivity contribution in [1.29, 1.82) is 0 Å². The first-order chi connectivity index (χ1) is 18.9. The highest BCUT2D eigenvalue weighted by Gasteiger charge is 2.33. The van der Waals surface area contributed by atoms with E-state index in [1.807, 2.05) is 45.0 Å². The fourth-order valence-electron chi connectivity index (χ4n) is 4.07. The van der Waals surface area contributed by atoms with Crippen molar-refractivity contribution in [1.82, 2.24) is 10.2 Å². The molecule has 1 N–H and O–H groups in total. The summed E-state index contributed by atoms with van der Waals surface area (Å²) in [6.07, 6.45) is 0. The number of amides is 2. The van der Waals surface area contributed by atoms with Crippen LogP contribution in [0, 0.1) is 6.92 Å². The third-order valence-electron chi connectivity index (χ3n) is 6.19. The number of rotatable bonds is 12. The first-order valence-electron chi connectivity index (χ1n) is 13.1. The van der Waals surface area contributed by atoms with E-state index in [0.29, 0.717) is 12.4 Å². The van der Waals surface area contributed by atoms with Crippen LogP contribution in [0.4, 0.5) is 5.69 Å². The number of aryl methyl sites for hydroxylation is 1. The van der Waals surface area contributed by atoms with E-state index in [2.05, 4.69) is 21.2 Å². The van der Waals surface area contributed by atoms with Crippen LogP contribution in [0.1, 0.15) is 38.8 Å². The third-order valence-corrected chi connectivity index (χ3v) is 8.49. The van der Waals surface area contributed by atoms with Gasteiger partial charge in [-0.1, -0.05) is 57.9 Å². The minimum atomic E-state index is -4.18. The van der Waals surface area contributed by atoms with Crippen molar-refractivity contribution in [2.75, 3.05) is 17.5 Å².